The minimum atomic E-state index is -0.440. The van der Waals surface area contributed by atoms with E-state index in [1.165, 1.54) is 0 Å². The standard InChI is InChI=1S/C24H27N3O4/c1-18(2)23(28)30-16-14-27(15-17-31-24(29)19(3)4)22-12-10-21(11-13-22)26-25-20-8-6-5-7-9-20/h5-13H,1,3,14-17H2,2,4H3. The molecule has 0 amide bonds. The normalized spacial score (nSPS) is 10.5. The Morgan fingerprint density at radius 2 is 1.23 bits per heavy atom. The van der Waals surface area contributed by atoms with Crippen LogP contribution in [0, 0.1) is 0 Å². The lowest BCUT2D eigenvalue weighted by Crippen LogP contribution is -2.32. The van der Waals surface area contributed by atoms with Crippen LogP contribution in [0.15, 0.2) is 89.1 Å². The Balaban J connectivity index is 2.03. The number of rotatable bonds is 11. The van der Waals surface area contributed by atoms with Crippen molar-refractivity contribution in [1.82, 2.24) is 0 Å². The number of carbonyl (C=O) groups is 2. The molecule has 2 aromatic carbocycles. The molecule has 2 aromatic rings. The van der Waals surface area contributed by atoms with Crippen LogP contribution in [0.5, 0.6) is 0 Å². The van der Waals surface area contributed by atoms with Gasteiger partial charge in [-0.25, -0.2) is 9.59 Å². The fourth-order valence-electron chi connectivity index (χ4n) is 2.45. The molecule has 0 N–H and O–H groups in total. The molecule has 31 heavy (non-hydrogen) atoms. The molecule has 0 saturated heterocycles. The fraction of sp³-hybridized carbons (Fsp3) is 0.250. The zero-order valence-corrected chi connectivity index (χ0v) is 17.9. The molecule has 0 bridgehead atoms. The zero-order valence-electron chi connectivity index (χ0n) is 17.9. The van der Waals surface area contributed by atoms with Crippen LogP contribution in [0.3, 0.4) is 0 Å². The molecule has 0 heterocycles. The van der Waals surface area contributed by atoms with E-state index in [1.807, 2.05) is 59.5 Å². The highest BCUT2D eigenvalue weighted by Gasteiger charge is 2.11. The average molecular weight is 421 g/mol. The SMILES string of the molecule is C=C(C)C(=O)OCCN(CCOC(=O)C(=C)C)c1ccc(N=Nc2ccccc2)cc1. The van der Waals surface area contributed by atoms with Crippen LogP contribution >= 0.6 is 0 Å². The molecule has 0 unspecified atom stereocenters. The van der Waals surface area contributed by atoms with E-state index in [9.17, 15) is 9.59 Å². The van der Waals surface area contributed by atoms with Gasteiger partial charge in [0, 0.05) is 16.8 Å². The van der Waals surface area contributed by atoms with Crippen molar-refractivity contribution in [3.8, 4) is 0 Å². The summed E-state index contributed by atoms with van der Waals surface area (Å²) in [4.78, 5) is 25.2. The number of nitrogens with zero attached hydrogens (tertiary/aromatic N) is 3. The van der Waals surface area contributed by atoms with Crippen LogP contribution in [0.4, 0.5) is 17.1 Å². The van der Waals surface area contributed by atoms with Crippen LogP contribution in [-0.2, 0) is 19.1 Å². The predicted molar refractivity (Wildman–Crippen MR) is 121 cm³/mol. The van der Waals surface area contributed by atoms with E-state index in [0.29, 0.717) is 29.9 Å². The number of anilines is 1. The molecule has 0 aliphatic carbocycles. The number of azo groups is 1. The number of benzene rings is 2. The van der Waals surface area contributed by atoms with E-state index in [0.717, 1.165) is 11.4 Å². The van der Waals surface area contributed by atoms with Gasteiger partial charge in [0.05, 0.1) is 24.5 Å². The molecule has 2 rings (SSSR count). The zero-order chi connectivity index (χ0) is 22.6. The van der Waals surface area contributed by atoms with E-state index in [4.69, 9.17) is 9.47 Å². The maximum atomic E-state index is 11.6. The lowest BCUT2D eigenvalue weighted by Gasteiger charge is -2.24. The smallest absolute Gasteiger partial charge is 0.333 e. The van der Waals surface area contributed by atoms with Crippen molar-refractivity contribution in [1.29, 1.82) is 0 Å². The summed E-state index contributed by atoms with van der Waals surface area (Å²) in [6.07, 6.45) is 0. The van der Waals surface area contributed by atoms with E-state index < -0.39 is 11.9 Å². The minimum absolute atomic E-state index is 0.176. The molecule has 0 atom stereocenters. The first kappa shape index (κ1) is 23.5. The van der Waals surface area contributed by atoms with E-state index in [1.54, 1.807) is 13.8 Å². The molecule has 162 valence electrons. The van der Waals surface area contributed by atoms with Gasteiger partial charge in [0.25, 0.3) is 0 Å². The van der Waals surface area contributed by atoms with Crippen molar-refractivity contribution in [2.24, 2.45) is 10.2 Å². The third-order valence-corrected chi connectivity index (χ3v) is 4.14. The van der Waals surface area contributed by atoms with E-state index in [-0.39, 0.29) is 13.2 Å². The average Bonchev–Trinajstić information content (AvgIpc) is 2.77. The third-order valence-electron chi connectivity index (χ3n) is 4.14. The Labute approximate surface area is 182 Å². The molecule has 0 radical (unpaired) electrons. The van der Waals surface area contributed by atoms with Crippen LogP contribution in [0.2, 0.25) is 0 Å². The van der Waals surface area contributed by atoms with E-state index in [2.05, 4.69) is 23.4 Å². The van der Waals surface area contributed by atoms with Crippen molar-refractivity contribution in [2.45, 2.75) is 13.8 Å². The highest BCUT2D eigenvalue weighted by molar-refractivity contribution is 5.87. The molecule has 7 nitrogen and oxygen atoms in total. The van der Waals surface area contributed by atoms with Gasteiger partial charge in [0.1, 0.15) is 13.2 Å². The van der Waals surface area contributed by atoms with Gasteiger partial charge in [-0.2, -0.15) is 10.2 Å². The molecule has 0 fully saturated rings. The van der Waals surface area contributed by atoms with Gasteiger partial charge in [-0.15, -0.1) is 0 Å². The van der Waals surface area contributed by atoms with Crippen molar-refractivity contribution < 1.29 is 19.1 Å². The maximum absolute atomic E-state index is 11.6. The Morgan fingerprint density at radius 3 is 1.68 bits per heavy atom. The molecular weight excluding hydrogens is 394 g/mol. The molecule has 0 aliphatic heterocycles. The highest BCUT2D eigenvalue weighted by Crippen LogP contribution is 2.22. The monoisotopic (exact) mass is 421 g/mol. The van der Waals surface area contributed by atoms with Crippen molar-refractivity contribution in [3.63, 3.8) is 0 Å². The van der Waals surface area contributed by atoms with Gasteiger partial charge in [0.2, 0.25) is 0 Å². The summed E-state index contributed by atoms with van der Waals surface area (Å²) in [6.45, 7) is 11.5. The Bertz CT molecular complexity index is 905. The molecule has 0 aliphatic rings. The van der Waals surface area contributed by atoms with Crippen LogP contribution in [0.25, 0.3) is 0 Å². The summed E-state index contributed by atoms with van der Waals surface area (Å²) >= 11 is 0. The summed E-state index contributed by atoms with van der Waals surface area (Å²) in [6, 6.07) is 16.9. The number of hydrogen-bond acceptors (Lipinski definition) is 7. The third kappa shape index (κ3) is 8.26. The van der Waals surface area contributed by atoms with Crippen molar-refractivity contribution >= 4 is 29.0 Å². The van der Waals surface area contributed by atoms with Gasteiger partial charge in [-0.1, -0.05) is 31.4 Å². The molecule has 0 spiro atoms. The molecular formula is C24H27N3O4. The Morgan fingerprint density at radius 1 is 0.774 bits per heavy atom. The first-order valence-corrected chi connectivity index (χ1v) is 9.84. The summed E-state index contributed by atoms with van der Waals surface area (Å²) in [7, 11) is 0. The Hall–Kier alpha value is -3.74. The second kappa shape index (κ2) is 12.1. The van der Waals surface area contributed by atoms with Crippen molar-refractivity contribution in [3.05, 3.63) is 78.9 Å². The van der Waals surface area contributed by atoms with Gasteiger partial charge in [0.15, 0.2) is 0 Å². The lowest BCUT2D eigenvalue weighted by atomic mass is 10.2. The predicted octanol–water partition coefficient (Wildman–Crippen LogP) is 5.15. The maximum Gasteiger partial charge on any atom is 0.333 e. The minimum Gasteiger partial charge on any atom is -0.460 e. The number of esters is 2. The Kier molecular flexibility index (Phi) is 9.16. The van der Waals surface area contributed by atoms with Gasteiger partial charge in [-0.3, -0.25) is 0 Å². The van der Waals surface area contributed by atoms with E-state index >= 15 is 0 Å². The highest BCUT2D eigenvalue weighted by atomic mass is 16.5. The quantitative estimate of drug-likeness (QED) is 0.285. The molecule has 7 heteroatoms. The van der Waals surface area contributed by atoms with Gasteiger partial charge >= 0.3 is 11.9 Å². The summed E-state index contributed by atoms with van der Waals surface area (Å²) in [5.74, 6) is -0.879. The lowest BCUT2D eigenvalue weighted by molar-refractivity contribution is -0.139. The first-order chi connectivity index (χ1) is 14.9. The largest absolute Gasteiger partial charge is 0.460 e. The topological polar surface area (TPSA) is 80.6 Å². The second-order valence-electron chi connectivity index (χ2n) is 6.87. The van der Waals surface area contributed by atoms with Gasteiger partial charge in [-0.05, 0) is 50.2 Å². The number of hydrogen-bond donors (Lipinski definition) is 0. The number of carbonyl (C=O) groups excluding carboxylic acids is 2. The second-order valence-corrected chi connectivity index (χ2v) is 6.87. The summed E-state index contributed by atoms with van der Waals surface area (Å²) < 4.78 is 10.4. The molecule has 0 aromatic heterocycles. The van der Waals surface area contributed by atoms with Crippen LogP contribution in [0.1, 0.15) is 13.8 Å². The summed E-state index contributed by atoms with van der Waals surface area (Å²) in [5, 5.41) is 8.44. The van der Waals surface area contributed by atoms with Gasteiger partial charge < -0.3 is 14.4 Å². The summed E-state index contributed by atoms with van der Waals surface area (Å²) in [5.41, 5.74) is 3.03. The first-order valence-electron chi connectivity index (χ1n) is 9.84. The van der Waals surface area contributed by atoms with Crippen molar-refractivity contribution in [2.75, 3.05) is 31.2 Å². The number of ether oxygens (including phenoxy) is 2. The van der Waals surface area contributed by atoms with Crippen LogP contribution in [-0.4, -0.2) is 38.2 Å². The van der Waals surface area contributed by atoms with Crippen LogP contribution < -0.4 is 4.90 Å². The fourth-order valence-corrected chi connectivity index (χ4v) is 2.45. The molecule has 0 saturated carbocycles.